The molecule has 124 valence electrons. The van der Waals surface area contributed by atoms with Crippen molar-refractivity contribution in [2.45, 2.75) is 25.5 Å². The summed E-state index contributed by atoms with van der Waals surface area (Å²) in [5, 5.41) is 2.38. The van der Waals surface area contributed by atoms with Crippen LogP contribution in [-0.2, 0) is 9.59 Å². The van der Waals surface area contributed by atoms with Gasteiger partial charge in [0.1, 0.15) is 16.9 Å². The standard InChI is InChI=1S/C15H17F2N3O2S/c1-3-18-15-20(4-2)14(22)12(23-15)8-13(21)19-11-6-5-9(16)7-10(11)17/h5-7,12H,3-4,8H2,1-2H3,(H,19,21)/t12-/m0/s1. The molecule has 0 radical (unpaired) electrons. The molecule has 1 saturated heterocycles. The Kier molecular flexibility index (Phi) is 5.70. The molecule has 1 aromatic carbocycles. The summed E-state index contributed by atoms with van der Waals surface area (Å²) < 4.78 is 26.4. The molecule has 0 aliphatic carbocycles. The molecule has 1 aromatic rings. The second-order valence-corrected chi connectivity index (χ2v) is 5.99. The lowest BCUT2D eigenvalue weighted by Gasteiger charge is -2.13. The molecule has 1 aliphatic heterocycles. The van der Waals surface area contributed by atoms with Gasteiger partial charge in [-0.05, 0) is 26.0 Å². The van der Waals surface area contributed by atoms with Crippen LogP contribution in [-0.4, -0.2) is 40.2 Å². The maximum atomic E-state index is 13.5. The lowest BCUT2D eigenvalue weighted by molar-refractivity contribution is -0.128. The van der Waals surface area contributed by atoms with Crippen LogP contribution in [0.25, 0.3) is 0 Å². The minimum absolute atomic E-state index is 0.0977. The van der Waals surface area contributed by atoms with E-state index in [0.29, 0.717) is 24.3 Å². The van der Waals surface area contributed by atoms with Gasteiger partial charge in [-0.25, -0.2) is 8.78 Å². The van der Waals surface area contributed by atoms with E-state index in [9.17, 15) is 18.4 Å². The fraction of sp³-hybridized carbons (Fsp3) is 0.400. The van der Waals surface area contributed by atoms with Gasteiger partial charge in [0.05, 0.1) is 5.69 Å². The van der Waals surface area contributed by atoms with Crippen molar-refractivity contribution in [2.24, 2.45) is 4.99 Å². The molecule has 0 unspecified atom stereocenters. The number of nitrogens with one attached hydrogen (secondary N) is 1. The molecule has 1 atom stereocenters. The molecule has 0 saturated carbocycles. The minimum Gasteiger partial charge on any atom is -0.324 e. The number of aliphatic imine (C=N–C) groups is 1. The van der Waals surface area contributed by atoms with E-state index in [1.807, 2.05) is 13.8 Å². The van der Waals surface area contributed by atoms with Crippen molar-refractivity contribution in [1.82, 2.24) is 4.90 Å². The third kappa shape index (κ3) is 4.07. The molecule has 1 aliphatic rings. The highest BCUT2D eigenvalue weighted by Gasteiger charge is 2.38. The molecule has 2 amide bonds. The first-order valence-electron chi connectivity index (χ1n) is 7.23. The van der Waals surface area contributed by atoms with Crippen LogP contribution in [0.5, 0.6) is 0 Å². The summed E-state index contributed by atoms with van der Waals surface area (Å²) in [7, 11) is 0. The Morgan fingerprint density at radius 2 is 2.13 bits per heavy atom. The average Bonchev–Trinajstić information content (AvgIpc) is 2.78. The Balaban J connectivity index is 2.03. The van der Waals surface area contributed by atoms with E-state index in [4.69, 9.17) is 0 Å². The first kappa shape index (κ1) is 17.4. The van der Waals surface area contributed by atoms with Gasteiger partial charge in [0.15, 0.2) is 5.17 Å². The van der Waals surface area contributed by atoms with Gasteiger partial charge >= 0.3 is 0 Å². The van der Waals surface area contributed by atoms with E-state index in [2.05, 4.69) is 10.3 Å². The monoisotopic (exact) mass is 341 g/mol. The number of benzene rings is 1. The molecule has 23 heavy (non-hydrogen) atoms. The molecular formula is C15H17F2N3O2S. The Hall–Kier alpha value is -1.96. The number of anilines is 1. The summed E-state index contributed by atoms with van der Waals surface area (Å²) >= 11 is 1.23. The second-order valence-electron chi connectivity index (χ2n) is 4.82. The topological polar surface area (TPSA) is 61.8 Å². The van der Waals surface area contributed by atoms with Crippen molar-refractivity contribution in [1.29, 1.82) is 0 Å². The van der Waals surface area contributed by atoms with Crippen LogP contribution in [0, 0.1) is 11.6 Å². The largest absolute Gasteiger partial charge is 0.324 e. The summed E-state index contributed by atoms with van der Waals surface area (Å²) in [6.45, 7) is 4.73. The SMILES string of the molecule is CCN=C1S[C@@H](CC(=O)Nc2ccc(F)cc2F)C(=O)N1CC. The summed E-state index contributed by atoms with van der Waals surface area (Å²) in [4.78, 5) is 30.0. The highest BCUT2D eigenvalue weighted by molar-refractivity contribution is 8.15. The summed E-state index contributed by atoms with van der Waals surface area (Å²) in [6, 6.07) is 2.89. The van der Waals surface area contributed by atoms with Crippen molar-refractivity contribution in [3.8, 4) is 0 Å². The predicted octanol–water partition coefficient (Wildman–Crippen LogP) is 2.63. The van der Waals surface area contributed by atoms with Crippen molar-refractivity contribution in [3.05, 3.63) is 29.8 Å². The van der Waals surface area contributed by atoms with Crippen LogP contribution in [0.3, 0.4) is 0 Å². The number of thioether (sulfide) groups is 1. The Morgan fingerprint density at radius 1 is 1.39 bits per heavy atom. The predicted molar refractivity (Wildman–Crippen MR) is 86.3 cm³/mol. The highest BCUT2D eigenvalue weighted by Crippen LogP contribution is 2.29. The molecule has 1 N–H and O–H groups in total. The van der Waals surface area contributed by atoms with Gasteiger partial charge in [0.25, 0.3) is 0 Å². The zero-order valence-corrected chi connectivity index (χ0v) is 13.6. The molecule has 5 nitrogen and oxygen atoms in total. The van der Waals surface area contributed by atoms with Gasteiger partial charge < -0.3 is 5.32 Å². The van der Waals surface area contributed by atoms with Crippen LogP contribution in [0.15, 0.2) is 23.2 Å². The van der Waals surface area contributed by atoms with Crippen molar-refractivity contribution in [2.75, 3.05) is 18.4 Å². The molecule has 8 heteroatoms. The van der Waals surface area contributed by atoms with E-state index >= 15 is 0 Å². The number of amides is 2. The van der Waals surface area contributed by atoms with Crippen LogP contribution in [0.2, 0.25) is 0 Å². The maximum absolute atomic E-state index is 13.5. The smallest absolute Gasteiger partial charge is 0.242 e. The third-order valence-electron chi connectivity index (χ3n) is 3.21. The quantitative estimate of drug-likeness (QED) is 0.895. The number of hydrogen-bond donors (Lipinski definition) is 1. The van der Waals surface area contributed by atoms with E-state index in [-0.39, 0.29) is 18.0 Å². The fourth-order valence-corrected chi connectivity index (χ4v) is 3.41. The number of halogens is 2. The second kappa shape index (κ2) is 7.54. The summed E-state index contributed by atoms with van der Waals surface area (Å²) in [6.07, 6.45) is -0.0977. The first-order valence-corrected chi connectivity index (χ1v) is 8.11. The number of rotatable bonds is 5. The van der Waals surface area contributed by atoms with Gasteiger partial charge in [0.2, 0.25) is 11.8 Å². The molecule has 0 spiro atoms. The summed E-state index contributed by atoms with van der Waals surface area (Å²) in [5.74, 6) is -2.26. The molecule has 0 bridgehead atoms. The fourth-order valence-electron chi connectivity index (χ4n) is 2.15. The number of nitrogens with zero attached hydrogens (tertiary/aromatic N) is 2. The molecule has 2 rings (SSSR count). The number of carbonyl (C=O) groups is 2. The van der Waals surface area contributed by atoms with Gasteiger partial charge in [-0.2, -0.15) is 0 Å². The van der Waals surface area contributed by atoms with Crippen molar-refractivity contribution >= 4 is 34.4 Å². The number of amidine groups is 1. The molecular weight excluding hydrogens is 324 g/mol. The Morgan fingerprint density at radius 3 is 2.74 bits per heavy atom. The van der Waals surface area contributed by atoms with Crippen LogP contribution in [0.4, 0.5) is 14.5 Å². The highest BCUT2D eigenvalue weighted by atomic mass is 32.2. The van der Waals surface area contributed by atoms with E-state index in [1.54, 1.807) is 0 Å². The first-order chi connectivity index (χ1) is 11.0. The molecule has 1 heterocycles. The Labute approximate surface area is 137 Å². The lowest BCUT2D eigenvalue weighted by Crippen LogP contribution is -2.33. The van der Waals surface area contributed by atoms with Crippen molar-refractivity contribution in [3.63, 3.8) is 0 Å². The zero-order chi connectivity index (χ0) is 17.0. The molecule has 1 fully saturated rings. The van der Waals surface area contributed by atoms with Crippen LogP contribution >= 0.6 is 11.8 Å². The maximum Gasteiger partial charge on any atom is 0.242 e. The van der Waals surface area contributed by atoms with Gasteiger partial charge in [-0.15, -0.1) is 0 Å². The van der Waals surface area contributed by atoms with E-state index < -0.39 is 22.8 Å². The van der Waals surface area contributed by atoms with Crippen LogP contribution in [0.1, 0.15) is 20.3 Å². The van der Waals surface area contributed by atoms with E-state index in [0.717, 1.165) is 12.1 Å². The van der Waals surface area contributed by atoms with E-state index in [1.165, 1.54) is 16.7 Å². The van der Waals surface area contributed by atoms with Crippen LogP contribution < -0.4 is 5.32 Å². The van der Waals surface area contributed by atoms with Gasteiger partial charge in [-0.1, -0.05) is 11.8 Å². The minimum atomic E-state index is -0.854. The lowest BCUT2D eigenvalue weighted by atomic mass is 10.2. The van der Waals surface area contributed by atoms with Gasteiger partial charge in [-0.3, -0.25) is 19.5 Å². The zero-order valence-electron chi connectivity index (χ0n) is 12.8. The van der Waals surface area contributed by atoms with Crippen molar-refractivity contribution < 1.29 is 18.4 Å². The number of carbonyl (C=O) groups excluding carboxylic acids is 2. The molecule has 0 aromatic heterocycles. The van der Waals surface area contributed by atoms with Gasteiger partial charge in [0, 0.05) is 25.6 Å². The Bertz CT molecular complexity index is 652. The number of hydrogen-bond acceptors (Lipinski definition) is 4. The normalized spacial score (nSPS) is 19.5. The average molecular weight is 341 g/mol. The third-order valence-corrected chi connectivity index (χ3v) is 4.42. The summed E-state index contributed by atoms with van der Waals surface area (Å²) in [5.41, 5.74) is -0.110.